The lowest BCUT2D eigenvalue weighted by molar-refractivity contribution is -0.125. The normalized spacial score (nSPS) is 16.1. The van der Waals surface area contributed by atoms with E-state index in [0.717, 1.165) is 24.9 Å². The molecule has 1 unspecified atom stereocenters. The third-order valence-electron chi connectivity index (χ3n) is 5.50. The summed E-state index contributed by atoms with van der Waals surface area (Å²) in [5, 5.41) is 5.98. The Labute approximate surface area is 193 Å². The van der Waals surface area contributed by atoms with Gasteiger partial charge in [-0.2, -0.15) is 4.98 Å². The molecule has 0 saturated carbocycles. The Hall–Kier alpha value is -3.34. The molecule has 33 heavy (non-hydrogen) atoms. The third-order valence-corrected chi connectivity index (χ3v) is 6.59. The molecule has 2 aromatic heterocycles. The highest BCUT2D eigenvalue weighted by molar-refractivity contribution is 7.22. The molecule has 11 heteroatoms. The molecule has 9 nitrogen and oxygen atoms in total. The molecule has 3 aromatic rings. The summed E-state index contributed by atoms with van der Waals surface area (Å²) in [4.78, 5) is 48.3. The molecule has 3 heterocycles. The summed E-state index contributed by atoms with van der Waals surface area (Å²) in [7, 11) is 0. The topological polar surface area (TPSA) is 109 Å². The summed E-state index contributed by atoms with van der Waals surface area (Å²) in [5.74, 6) is -1.17. The zero-order valence-corrected chi connectivity index (χ0v) is 19.2. The molecule has 1 aliphatic rings. The first kappa shape index (κ1) is 22.8. The minimum atomic E-state index is -0.538. The zero-order valence-electron chi connectivity index (χ0n) is 18.4. The maximum atomic E-state index is 14.0. The number of benzene rings is 1. The number of aromatic nitrogens is 3. The van der Waals surface area contributed by atoms with Gasteiger partial charge in [0.1, 0.15) is 23.4 Å². The first-order valence-corrected chi connectivity index (χ1v) is 11.6. The van der Waals surface area contributed by atoms with Crippen molar-refractivity contribution in [3.63, 3.8) is 0 Å². The number of aryl methyl sites for hydroxylation is 1. The summed E-state index contributed by atoms with van der Waals surface area (Å²) in [6.07, 6.45) is 2.94. The van der Waals surface area contributed by atoms with Crippen molar-refractivity contribution in [2.24, 2.45) is 5.92 Å². The van der Waals surface area contributed by atoms with Crippen LogP contribution in [0.2, 0.25) is 0 Å². The second kappa shape index (κ2) is 9.65. The van der Waals surface area contributed by atoms with Crippen molar-refractivity contribution in [1.82, 2.24) is 19.9 Å². The molecular weight excluding hydrogens is 447 g/mol. The number of carbonyl (C=O) groups is 2. The van der Waals surface area contributed by atoms with E-state index in [1.807, 2.05) is 11.8 Å². The number of fused-ring (bicyclic) bond motifs is 1. The van der Waals surface area contributed by atoms with E-state index in [4.69, 9.17) is 0 Å². The minimum absolute atomic E-state index is 0.0276. The first-order chi connectivity index (χ1) is 15.9. The standard InChI is InChI=1S/C22H25FN6O3S/c1-3-24-20(31)14-5-4-8-28(10-14)22-27-19-18(33-22)21(32)29(12-25-19)11-17(30)26-16-7-6-13(2)9-15(16)23/h6-7,9,12,14H,3-5,8,10-11H2,1-2H3,(H,24,31)(H,26,30). The Morgan fingerprint density at radius 3 is 2.91 bits per heavy atom. The molecule has 2 amide bonds. The van der Waals surface area contributed by atoms with E-state index >= 15 is 0 Å². The predicted octanol–water partition coefficient (Wildman–Crippen LogP) is 2.29. The average molecular weight is 473 g/mol. The molecular formula is C22H25FN6O3S. The lowest BCUT2D eigenvalue weighted by Crippen LogP contribution is -2.43. The average Bonchev–Trinajstić information content (AvgIpc) is 3.23. The molecule has 2 N–H and O–H groups in total. The van der Waals surface area contributed by atoms with Crippen LogP contribution in [0.15, 0.2) is 29.3 Å². The minimum Gasteiger partial charge on any atom is -0.356 e. The Kier molecular flexibility index (Phi) is 6.68. The fourth-order valence-corrected chi connectivity index (χ4v) is 4.84. The van der Waals surface area contributed by atoms with Gasteiger partial charge in [0.25, 0.3) is 5.56 Å². The summed E-state index contributed by atoms with van der Waals surface area (Å²) in [5.41, 5.74) is 0.713. The first-order valence-electron chi connectivity index (χ1n) is 10.8. The predicted molar refractivity (Wildman–Crippen MR) is 125 cm³/mol. The Balaban J connectivity index is 1.50. The van der Waals surface area contributed by atoms with Gasteiger partial charge in [0.2, 0.25) is 11.8 Å². The number of piperidine rings is 1. The van der Waals surface area contributed by atoms with Crippen LogP contribution in [0, 0.1) is 18.7 Å². The number of nitrogens with zero attached hydrogens (tertiary/aromatic N) is 4. The lowest BCUT2D eigenvalue weighted by atomic mass is 9.97. The van der Waals surface area contributed by atoms with Crippen LogP contribution in [0.4, 0.5) is 15.2 Å². The van der Waals surface area contributed by atoms with E-state index in [9.17, 15) is 18.8 Å². The van der Waals surface area contributed by atoms with Crippen LogP contribution >= 0.6 is 11.3 Å². The van der Waals surface area contributed by atoms with E-state index < -0.39 is 11.7 Å². The second-order valence-corrected chi connectivity index (χ2v) is 9.02. The number of hydrogen-bond donors (Lipinski definition) is 2. The van der Waals surface area contributed by atoms with Gasteiger partial charge in [-0.15, -0.1) is 0 Å². The van der Waals surface area contributed by atoms with Gasteiger partial charge in [0.05, 0.1) is 11.6 Å². The van der Waals surface area contributed by atoms with Gasteiger partial charge in [-0.25, -0.2) is 9.37 Å². The summed E-state index contributed by atoms with van der Waals surface area (Å²) < 4.78 is 15.5. The van der Waals surface area contributed by atoms with E-state index in [1.165, 1.54) is 34.4 Å². The van der Waals surface area contributed by atoms with Gasteiger partial charge < -0.3 is 15.5 Å². The fraction of sp³-hybridized carbons (Fsp3) is 0.409. The summed E-state index contributed by atoms with van der Waals surface area (Å²) >= 11 is 1.20. The molecule has 4 rings (SSSR count). The number of amides is 2. The van der Waals surface area contributed by atoms with Gasteiger partial charge in [0.15, 0.2) is 10.8 Å². The van der Waals surface area contributed by atoms with Gasteiger partial charge in [0, 0.05) is 19.6 Å². The molecule has 1 atom stereocenters. The number of hydrogen-bond acceptors (Lipinski definition) is 7. The Morgan fingerprint density at radius 1 is 1.33 bits per heavy atom. The molecule has 1 aromatic carbocycles. The Bertz CT molecular complexity index is 1260. The van der Waals surface area contributed by atoms with Crippen molar-refractivity contribution >= 4 is 44.3 Å². The van der Waals surface area contributed by atoms with Gasteiger partial charge in [-0.05, 0) is 44.4 Å². The largest absolute Gasteiger partial charge is 0.356 e. The molecule has 0 aliphatic carbocycles. The van der Waals surface area contributed by atoms with Crippen molar-refractivity contribution in [3.8, 4) is 0 Å². The molecule has 0 spiro atoms. The van der Waals surface area contributed by atoms with Crippen molar-refractivity contribution in [2.75, 3.05) is 29.9 Å². The zero-order chi connectivity index (χ0) is 23.5. The van der Waals surface area contributed by atoms with E-state index in [2.05, 4.69) is 20.6 Å². The molecule has 1 aliphatic heterocycles. The number of halogens is 1. The van der Waals surface area contributed by atoms with Crippen LogP contribution in [0.25, 0.3) is 10.3 Å². The van der Waals surface area contributed by atoms with Gasteiger partial charge >= 0.3 is 0 Å². The fourth-order valence-electron chi connectivity index (χ4n) is 3.83. The number of nitrogens with one attached hydrogen (secondary N) is 2. The van der Waals surface area contributed by atoms with E-state index in [-0.39, 0.29) is 29.6 Å². The summed E-state index contributed by atoms with van der Waals surface area (Å²) in [6.45, 7) is 5.21. The van der Waals surface area contributed by atoms with Gasteiger partial charge in [-0.3, -0.25) is 19.0 Å². The van der Waals surface area contributed by atoms with Crippen molar-refractivity contribution in [1.29, 1.82) is 0 Å². The number of anilines is 2. The monoisotopic (exact) mass is 472 g/mol. The molecule has 0 bridgehead atoms. The molecule has 174 valence electrons. The molecule has 1 fully saturated rings. The van der Waals surface area contributed by atoms with Crippen LogP contribution in [0.1, 0.15) is 25.3 Å². The summed E-state index contributed by atoms with van der Waals surface area (Å²) in [6, 6.07) is 4.49. The lowest BCUT2D eigenvalue weighted by Gasteiger charge is -2.31. The number of carbonyl (C=O) groups excluding carboxylic acids is 2. The smallest absolute Gasteiger partial charge is 0.273 e. The van der Waals surface area contributed by atoms with Crippen LogP contribution < -0.4 is 21.1 Å². The maximum absolute atomic E-state index is 14.0. The van der Waals surface area contributed by atoms with Crippen LogP contribution in [0.5, 0.6) is 0 Å². The number of thiazole rings is 1. The molecule has 1 saturated heterocycles. The highest BCUT2D eigenvalue weighted by Gasteiger charge is 2.27. The number of rotatable bonds is 6. The Morgan fingerprint density at radius 2 is 2.15 bits per heavy atom. The van der Waals surface area contributed by atoms with Crippen molar-refractivity contribution < 1.29 is 14.0 Å². The molecule has 0 radical (unpaired) electrons. The van der Waals surface area contributed by atoms with E-state index in [1.54, 1.807) is 13.0 Å². The SMILES string of the molecule is CCNC(=O)C1CCCN(c2nc3ncn(CC(=O)Nc4ccc(C)cc4F)c(=O)c3s2)C1. The maximum Gasteiger partial charge on any atom is 0.273 e. The van der Waals surface area contributed by atoms with Crippen molar-refractivity contribution in [2.45, 2.75) is 33.2 Å². The second-order valence-electron chi connectivity index (χ2n) is 8.04. The van der Waals surface area contributed by atoms with E-state index in [0.29, 0.717) is 28.6 Å². The highest BCUT2D eigenvalue weighted by atomic mass is 32.1. The van der Waals surface area contributed by atoms with Gasteiger partial charge in [-0.1, -0.05) is 17.4 Å². The van der Waals surface area contributed by atoms with Crippen LogP contribution in [-0.2, 0) is 16.1 Å². The quantitative estimate of drug-likeness (QED) is 0.570. The van der Waals surface area contributed by atoms with Crippen molar-refractivity contribution in [3.05, 3.63) is 46.3 Å². The third kappa shape index (κ3) is 5.03. The van der Waals surface area contributed by atoms with Crippen LogP contribution in [0.3, 0.4) is 0 Å². The van der Waals surface area contributed by atoms with Crippen LogP contribution in [-0.4, -0.2) is 46.0 Å². The highest BCUT2D eigenvalue weighted by Crippen LogP contribution is 2.29.